The van der Waals surface area contributed by atoms with Crippen molar-refractivity contribution in [1.29, 1.82) is 0 Å². The standard InChI is InChI=1S/C13H11ClO4/c1-8-2-3-10(14)11(6-8)18-7-12-9(13(15)16)4-5-17-12/h2-6H,7H2,1H3,(H,15,16). The minimum atomic E-state index is -1.04. The van der Waals surface area contributed by atoms with Gasteiger partial charge in [0.25, 0.3) is 0 Å². The molecule has 0 atom stereocenters. The third-order valence-corrected chi connectivity index (χ3v) is 2.73. The average Bonchev–Trinajstić information content (AvgIpc) is 2.79. The molecular weight excluding hydrogens is 256 g/mol. The first kappa shape index (κ1) is 12.5. The van der Waals surface area contributed by atoms with E-state index in [1.54, 1.807) is 12.1 Å². The monoisotopic (exact) mass is 266 g/mol. The average molecular weight is 267 g/mol. The quantitative estimate of drug-likeness (QED) is 0.920. The first-order valence-electron chi connectivity index (χ1n) is 5.26. The summed E-state index contributed by atoms with van der Waals surface area (Å²) in [5.41, 5.74) is 1.10. The number of halogens is 1. The fraction of sp³-hybridized carbons (Fsp3) is 0.154. The van der Waals surface area contributed by atoms with Crippen LogP contribution in [0.25, 0.3) is 0 Å². The molecule has 0 fully saturated rings. The third kappa shape index (κ3) is 2.65. The van der Waals surface area contributed by atoms with Gasteiger partial charge < -0.3 is 14.3 Å². The second kappa shape index (κ2) is 5.14. The summed E-state index contributed by atoms with van der Waals surface area (Å²) < 4.78 is 10.5. The fourth-order valence-electron chi connectivity index (χ4n) is 1.51. The Morgan fingerprint density at radius 3 is 2.94 bits per heavy atom. The maximum atomic E-state index is 10.9. The van der Waals surface area contributed by atoms with E-state index in [9.17, 15) is 4.79 Å². The molecule has 0 unspecified atom stereocenters. The number of carbonyl (C=O) groups is 1. The summed E-state index contributed by atoms with van der Waals surface area (Å²) in [6.07, 6.45) is 1.32. The van der Waals surface area contributed by atoms with Crippen LogP contribution in [-0.2, 0) is 6.61 Å². The molecule has 0 spiro atoms. The number of aryl methyl sites for hydroxylation is 1. The van der Waals surface area contributed by atoms with Crippen LogP contribution in [-0.4, -0.2) is 11.1 Å². The molecule has 0 radical (unpaired) electrons. The summed E-state index contributed by atoms with van der Waals surface area (Å²) in [4.78, 5) is 10.9. The number of benzene rings is 1. The predicted octanol–water partition coefficient (Wildman–Crippen LogP) is 3.52. The van der Waals surface area contributed by atoms with Gasteiger partial charge in [-0.2, -0.15) is 0 Å². The molecule has 2 aromatic rings. The first-order valence-corrected chi connectivity index (χ1v) is 5.64. The number of carboxylic acid groups (broad SMARTS) is 1. The van der Waals surface area contributed by atoms with Crippen LogP contribution in [0, 0.1) is 6.92 Å². The molecule has 2 rings (SSSR count). The molecular formula is C13H11ClO4. The fourth-order valence-corrected chi connectivity index (χ4v) is 1.68. The summed E-state index contributed by atoms with van der Waals surface area (Å²) in [5.74, 6) is -0.276. The first-order chi connectivity index (χ1) is 8.58. The summed E-state index contributed by atoms with van der Waals surface area (Å²) in [6.45, 7) is 1.94. The van der Waals surface area contributed by atoms with Crippen LogP contribution >= 0.6 is 11.6 Å². The molecule has 1 N–H and O–H groups in total. The zero-order chi connectivity index (χ0) is 13.1. The molecule has 0 aliphatic rings. The Morgan fingerprint density at radius 1 is 1.44 bits per heavy atom. The van der Waals surface area contributed by atoms with Crippen molar-refractivity contribution in [3.8, 4) is 5.75 Å². The Balaban J connectivity index is 2.14. The van der Waals surface area contributed by atoms with Gasteiger partial charge in [0.1, 0.15) is 17.9 Å². The lowest BCUT2D eigenvalue weighted by atomic mass is 10.2. The van der Waals surface area contributed by atoms with Crippen molar-refractivity contribution < 1.29 is 19.1 Å². The van der Waals surface area contributed by atoms with Crippen LogP contribution < -0.4 is 4.74 Å². The van der Waals surface area contributed by atoms with Gasteiger partial charge in [-0.1, -0.05) is 17.7 Å². The van der Waals surface area contributed by atoms with Gasteiger partial charge >= 0.3 is 5.97 Å². The summed E-state index contributed by atoms with van der Waals surface area (Å²) >= 11 is 5.97. The van der Waals surface area contributed by atoms with E-state index in [1.807, 2.05) is 13.0 Å². The second-order valence-corrected chi connectivity index (χ2v) is 4.19. The molecule has 0 bridgehead atoms. The van der Waals surface area contributed by atoms with E-state index in [0.29, 0.717) is 10.8 Å². The molecule has 0 aliphatic heterocycles. The molecule has 0 aliphatic carbocycles. The molecule has 1 heterocycles. The zero-order valence-corrected chi connectivity index (χ0v) is 10.4. The number of aromatic carboxylic acids is 1. The SMILES string of the molecule is Cc1ccc(Cl)c(OCc2occc2C(=O)O)c1. The van der Waals surface area contributed by atoms with Crippen molar-refractivity contribution in [2.24, 2.45) is 0 Å². The third-order valence-electron chi connectivity index (χ3n) is 2.42. The number of furan rings is 1. The molecule has 0 saturated carbocycles. The molecule has 0 amide bonds. The van der Waals surface area contributed by atoms with Gasteiger partial charge in [-0.3, -0.25) is 0 Å². The van der Waals surface area contributed by atoms with Crippen molar-refractivity contribution in [3.05, 3.63) is 52.4 Å². The summed E-state index contributed by atoms with van der Waals surface area (Å²) in [6, 6.07) is 6.77. The van der Waals surface area contributed by atoms with Crippen LogP contribution in [0.4, 0.5) is 0 Å². The summed E-state index contributed by atoms with van der Waals surface area (Å²) in [5, 5.41) is 9.38. The Morgan fingerprint density at radius 2 is 2.22 bits per heavy atom. The molecule has 1 aromatic heterocycles. The lowest BCUT2D eigenvalue weighted by Gasteiger charge is -2.07. The van der Waals surface area contributed by atoms with E-state index in [0.717, 1.165) is 5.56 Å². The van der Waals surface area contributed by atoms with Crippen molar-refractivity contribution in [1.82, 2.24) is 0 Å². The number of hydrogen-bond acceptors (Lipinski definition) is 3. The molecule has 4 nitrogen and oxygen atoms in total. The van der Waals surface area contributed by atoms with Crippen LogP contribution in [0.1, 0.15) is 21.7 Å². The van der Waals surface area contributed by atoms with E-state index in [1.165, 1.54) is 12.3 Å². The van der Waals surface area contributed by atoms with Crippen molar-refractivity contribution in [2.45, 2.75) is 13.5 Å². The molecule has 5 heteroatoms. The Bertz CT molecular complexity index is 574. The maximum Gasteiger partial charge on any atom is 0.339 e. The highest BCUT2D eigenvalue weighted by Gasteiger charge is 2.14. The van der Waals surface area contributed by atoms with Gasteiger partial charge in [-0.15, -0.1) is 0 Å². The van der Waals surface area contributed by atoms with Gasteiger partial charge in [0.15, 0.2) is 5.76 Å². The molecule has 94 valence electrons. The number of rotatable bonds is 4. The van der Waals surface area contributed by atoms with Crippen molar-refractivity contribution in [3.63, 3.8) is 0 Å². The molecule has 18 heavy (non-hydrogen) atoms. The number of ether oxygens (including phenoxy) is 1. The Hall–Kier alpha value is -1.94. The number of carboxylic acids is 1. The van der Waals surface area contributed by atoms with Crippen LogP contribution in [0.15, 0.2) is 34.9 Å². The van der Waals surface area contributed by atoms with Crippen LogP contribution in [0.2, 0.25) is 5.02 Å². The van der Waals surface area contributed by atoms with E-state index in [2.05, 4.69) is 0 Å². The van der Waals surface area contributed by atoms with Crippen molar-refractivity contribution in [2.75, 3.05) is 0 Å². The van der Waals surface area contributed by atoms with Gasteiger partial charge in [0.05, 0.1) is 11.3 Å². The minimum Gasteiger partial charge on any atom is -0.484 e. The van der Waals surface area contributed by atoms with Crippen LogP contribution in [0.3, 0.4) is 0 Å². The smallest absolute Gasteiger partial charge is 0.339 e. The largest absolute Gasteiger partial charge is 0.484 e. The predicted molar refractivity (Wildman–Crippen MR) is 66.2 cm³/mol. The zero-order valence-electron chi connectivity index (χ0n) is 9.64. The highest BCUT2D eigenvalue weighted by molar-refractivity contribution is 6.32. The molecule has 0 saturated heterocycles. The molecule has 1 aromatic carbocycles. The minimum absolute atomic E-state index is 0.0256. The van der Waals surface area contributed by atoms with E-state index >= 15 is 0 Å². The van der Waals surface area contributed by atoms with Gasteiger partial charge in [-0.05, 0) is 30.7 Å². The second-order valence-electron chi connectivity index (χ2n) is 3.79. The Labute approximate surface area is 109 Å². The van der Waals surface area contributed by atoms with Gasteiger partial charge in [-0.25, -0.2) is 4.79 Å². The highest BCUT2D eigenvalue weighted by Crippen LogP contribution is 2.26. The van der Waals surface area contributed by atoms with Gasteiger partial charge in [0.2, 0.25) is 0 Å². The van der Waals surface area contributed by atoms with Gasteiger partial charge in [0, 0.05) is 0 Å². The summed E-state index contributed by atoms with van der Waals surface area (Å²) in [7, 11) is 0. The lowest BCUT2D eigenvalue weighted by molar-refractivity contribution is 0.0692. The normalized spacial score (nSPS) is 10.3. The van der Waals surface area contributed by atoms with E-state index < -0.39 is 5.97 Å². The van der Waals surface area contributed by atoms with E-state index in [4.69, 9.17) is 25.9 Å². The van der Waals surface area contributed by atoms with Crippen LogP contribution in [0.5, 0.6) is 5.75 Å². The topological polar surface area (TPSA) is 59.7 Å². The number of hydrogen-bond donors (Lipinski definition) is 1. The highest BCUT2D eigenvalue weighted by atomic mass is 35.5. The Kier molecular flexibility index (Phi) is 3.58. The lowest BCUT2D eigenvalue weighted by Crippen LogP contribution is -2.02. The van der Waals surface area contributed by atoms with E-state index in [-0.39, 0.29) is 17.9 Å². The maximum absolute atomic E-state index is 10.9. The van der Waals surface area contributed by atoms with Crippen molar-refractivity contribution >= 4 is 17.6 Å².